The Bertz CT molecular complexity index is 1340. The van der Waals surface area contributed by atoms with E-state index in [0.717, 1.165) is 36.2 Å². The molecule has 1 aliphatic carbocycles. The van der Waals surface area contributed by atoms with E-state index in [9.17, 15) is 5.26 Å². The second kappa shape index (κ2) is 9.12. The lowest BCUT2D eigenvalue weighted by molar-refractivity contribution is 0.159. The van der Waals surface area contributed by atoms with Gasteiger partial charge in [-0.2, -0.15) is 5.26 Å². The van der Waals surface area contributed by atoms with E-state index in [0.29, 0.717) is 12.0 Å². The summed E-state index contributed by atoms with van der Waals surface area (Å²) >= 11 is 0. The van der Waals surface area contributed by atoms with Gasteiger partial charge in [0.05, 0.1) is 22.8 Å². The van der Waals surface area contributed by atoms with Crippen LogP contribution in [0.25, 0.3) is 21.8 Å². The molecule has 0 atom stereocenters. The van der Waals surface area contributed by atoms with Gasteiger partial charge < -0.3 is 9.88 Å². The van der Waals surface area contributed by atoms with E-state index in [4.69, 9.17) is 0 Å². The number of nitrogens with zero attached hydrogens (tertiary/aromatic N) is 4. The van der Waals surface area contributed by atoms with Crippen LogP contribution in [0, 0.1) is 11.3 Å². The van der Waals surface area contributed by atoms with Crippen molar-refractivity contribution in [1.29, 1.82) is 5.26 Å². The molecule has 1 saturated carbocycles. The van der Waals surface area contributed by atoms with Crippen molar-refractivity contribution in [3.8, 4) is 6.07 Å². The number of pyridine rings is 1. The van der Waals surface area contributed by atoms with Gasteiger partial charge in [-0.1, -0.05) is 18.2 Å². The van der Waals surface area contributed by atoms with Crippen LogP contribution in [0.5, 0.6) is 0 Å². The molecule has 2 aromatic heterocycles. The lowest BCUT2D eigenvalue weighted by Crippen LogP contribution is -2.40. The van der Waals surface area contributed by atoms with Crippen LogP contribution in [-0.4, -0.2) is 47.1 Å². The molecule has 2 aliphatic rings. The molecule has 0 bridgehead atoms. The highest BCUT2D eigenvalue weighted by Crippen LogP contribution is 2.38. The number of fused-ring (bicyclic) bond motifs is 2. The Morgan fingerprint density at radius 3 is 2.71 bits per heavy atom. The fourth-order valence-electron chi connectivity index (χ4n) is 6.19. The van der Waals surface area contributed by atoms with Crippen LogP contribution < -0.4 is 4.90 Å². The number of benzene rings is 2. The predicted octanol–water partition coefficient (Wildman–Crippen LogP) is 5.83. The van der Waals surface area contributed by atoms with Crippen molar-refractivity contribution >= 4 is 27.5 Å². The van der Waals surface area contributed by atoms with Gasteiger partial charge in [0, 0.05) is 60.9 Å². The molecule has 2 fully saturated rings. The summed E-state index contributed by atoms with van der Waals surface area (Å²) in [7, 11) is 0. The molecule has 2 aromatic carbocycles. The number of hydrogen-bond acceptors (Lipinski definition) is 4. The summed E-state index contributed by atoms with van der Waals surface area (Å²) in [5, 5.41) is 11.8. The second-order valence-corrected chi connectivity index (χ2v) is 9.85. The molecule has 0 unspecified atom stereocenters. The zero-order chi connectivity index (χ0) is 22.9. The lowest BCUT2D eigenvalue weighted by atomic mass is 9.81. The fraction of sp³-hybridized carbons (Fsp3) is 0.379. The van der Waals surface area contributed by atoms with Gasteiger partial charge >= 0.3 is 0 Å². The molecule has 172 valence electrons. The van der Waals surface area contributed by atoms with Gasteiger partial charge in [-0.05, 0) is 73.9 Å². The Morgan fingerprint density at radius 2 is 1.82 bits per heavy atom. The Balaban J connectivity index is 1.12. The number of aromatic nitrogens is 2. The van der Waals surface area contributed by atoms with E-state index < -0.39 is 0 Å². The summed E-state index contributed by atoms with van der Waals surface area (Å²) in [6.07, 6.45) is 10.2. The summed E-state index contributed by atoms with van der Waals surface area (Å²) in [6.45, 7) is 4.47. The molecular formula is C29H31N5. The molecule has 1 N–H and O–H groups in total. The molecule has 1 saturated heterocycles. The lowest BCUT2D eigenvalue weighted by Gasteiger charge is -2.36. The van der Waals surface area contributed by atoms with E-state index in [-0.39, 0.29) is 0 Å². The molecule has 0 amide bonds. The Morgan fingerprint density at radius 1 is 0.941 bits per heavy atom. The molecule has 6 rings (SSSR count). The van der Waals surface area contributed by atoms with E-state index in [1.807, 2.05) is 24.4 Å². The number of nitriles is 1. The largest absolute Gasteiger partial charge is 0.368 e. The summed E-state index contributed by atoms with van der Waals surface area (Å²) in [5.41, 5.74) is 5.69. The van der Waals surface area contributed by atoms with Gasteiger partial charge in [0.15, 0.2) is 0 Å². The summed E-state index contributed by atoms with van der Waals surface area (Å²) in [5.74, 6) is 0.587. The first-order valence-corrected chi connectivity index (χ1v) is 12.6. The third-order valence-electron chi connectivity index (χ3n) is 7.98. The highest BCUT2D eigenvalue weighted by Gasteiger charge is 2.29. The van der Waals surface area contributed by atoms with Crippen molar-refractivity contribution in [2.45, 2.75) is 44.1 Å². The van der Waals surface area contributed by atoms with Crippen LogP contribution in [0.2, 0.25) is 0 Å². The average molecular weight is 450 g/mol. The van der Waals surface area contributed by atoms with Crippen LogP contribution in [-0.2, 0) is 0 Å². The van der Waals surface area contributed by atoms with Crippen molar-refractivity contribution < 1.29 is 0 Å². The second-order valence-electron chi connectivity index (χ2n) is 9.85. The molecule has 5 heteroatoms. The quantitative estimate of drug-likeness (QED) is 0.428. The fourth-order valence-corrected chi connectivity index (χ4v) is 6.19. The van der Waals surface area contributed by atoms with Crippen LogP contribution in [0.3, 0.4) is 0 Å². The average Bonchev–Trinajstić information content (AvgIpc) is 3.16. The Hall–Kier alpha value is -3.36. The topological polar surface area (TPSA) is 59.0 Å². The molecule has 0 radical (unpaired) electrons. The Labute approximate surface area is 201 Å². The first-order valence-electron chi connectivity index (χ1n) is 12.6. The number of para-hydroxylation sites is 1. The smallest absolute Gasteiger partial charge is 0.0991 e. The zero-order valence-corrected chi connectivity index (χ0v) is 19.6. The minimum absolute atomic E-state index is 0.587. The van der Waals surface area contributed by atoms with E-state index in [1.165, 1.54) is 60.7 Å². The highest BCUT2D eigenvalue weighted by molar-refractivity contribution is 5.90. The van der Waals surface area contributed by atoms with Crippen LogP contribution in [0.1, 0.15) is 49.1 Å². The molecule has 5 nitrogen and oxygen atoms in total. The van der Waals surface area contributed by atoms with Crippen molar-refractivity contribution in [2.75, 3.05) is 31.1 Å². The van der Waals surface area contributed by atoms with Crippen molar-refractivity contribution in [1.82, 2.24) is 14.9 Å². The van der Waals surface area contributed by atoms with Crippen LogP contribution in [0.15, 0.2) is 60.9 Å². The Kier molecular flexibility index (Phi) is 5.68. The summed E-state index contributed by atoms with van der Waals surface area (Å²) in [4.78, 5) is 13.4. The van der Waals surface area contributed by atoms with Crippen molar-refractivity contribution in [3.63, 3.8) is 0 Å². The third kappa shape index (κ3) is 3.93. The van der Waals surface area contributed by atoms with Gasteiger partial charge in [-0.15, -0.1) is 0 Å². The number of rotatable bonds is 3. The molecule has 0 spiro atoms. The summed E-state index contributed by atoms with van der Waals surface area (Å²) < 4.78 is 0. The van der Waals surface area contributed by atoms with Gasteiger partial charge in [-0.3, -0.25) is 9.88 Å². The van der Waals surface area contributed by atoms with E-state index >= 15 is 0 Å². The number of anilines is 1. The number of hydrogen-bond donors (Lipinski definition) is 1. The van der Waals surface area contributed by atoms with E-state index in [2.05, 4.69) is 62.4 Å². The molecule has 1 aliphatic heterocycles. The number of aromatic amines is 1. The molecule has 34 heavy (non-hydrogen) atoms. The molecule has 4 aromatic rings. The number of H-pyrrole nitrogens is 1. The standard InChI is InChI=1S/C29H31N5/c30-19-21-7-12-27-25(18-21)26(20-32-27)22-8-10-24(11-9-22)33-14-3-15-34(17-16-33)28-6-1-4-23-5-2-13-31-29(23)28/h1-2,4-7,12-13,18,20,22,24,32H,3,8-11,14-17H2. The maximum atomic E-state index is 9.31. The zero-order valence-electron chi connectivity index (χ0n) is 19.6. The highest BCUT2D eigenvalue weighted by atomic mass is 15.2. The SMILES string of the molecule is N#Cc1ccc2[nH]cc(C3CCC(N4CCCN(c5cccc6cccnc56)CC4)CC3)c2c1. The predicted molar refractivity (Wildman–Crippen MR) is 138 cm³/mol. The minimum Gasteiger partial charge on any atom is -0.368 e. The van der Waals surface area contributed by atoms with Crippen LogP contribution >= 0.6 is 0 Å². The van der Waals surface area contributed by atoms with Gasteiger partial charge in [0.25, 0.3) is 0 Å². The number of nitrogens with one attached hydrogen (secondary N) is 1. The third-order valence-corrected chi connectivity index (χ3v) is 7.98. The molecule has 3 heterocycles. The maximum Gasteiger partial charge on any atom is 0.0991 e. The van der Waals surface area contributed by atoms with Crippen LogP contribution in [0.4, 0.5) is 5.69 Å². The van der Waals surface area contributed by atoms with Crippen molar-refractivity contribution in [2.24, 2.45) is 0 Å². The van der Waals surface area contributed by atoms with Crippen molar-refractivity contribution in [3.05, 3.63) is 72.1 Å². The van der Waals surface area contributed by atoms with Gasteiger partial charge in [0.1, 0.15) is 0 Å². The normalized spacial score (nSPS) is 22.0. The first-order chi connectivity index (χ1) is 16.8. The monoisotopic (exact) mass is 449 g/mol. The molecular weight excluding hydrogens is 418 g/mol. The summed E-state index contributed by atoms with van der Waals surface area (Å²) in [6, 6.07) is 19.7. The van der Waals surface area contributed by atoms with Gasteiger partial charge in [-0.25, -0.2) is 0 Å². The van der Waals surface area contributed by atoms with Gasteiger partial charge in [0.2, 0.25) is 0 Å². The van der Waals surface area contributed by atoms with E-state index in [1.54, 1.807) is 0 Å². The first kappa shape index (κ1) is 21.2. The minimum atomic E-state index is 0.587. The maximum absolute atomic E-state index is 9.31.